The van der Waals surface area contributed by atoms with E-state index >= 15 is 0 Å². The number of hydrogen-bond acceptors (Lipinski definition) is 4. The highest BCUT2D eigenvalue weighted by molar-refractivity contribution is 7.91. The summed E-state index contributed by atoms with van der Waals surface area (Å²) in [5, 5.41) is -0.316. The summed E-state index contributed by atoms with van der Waals surface area (Å²) in [5.41, 5.74) is 4.90. The van der Waals surface area contributed by atoms with Crippen LogP contribution in [0.25, 0.3) is 0 Å². The third-order valence-corrected chi connectivity index (χ3v) is 9.37. The summed E-state index contributed by atoms with van der Waals surface area (Å²) in [7, 11) is -3.00. The molecule has 0 spiro atoms. The number of carbonyl (C=O) groups excluding carboxylic acids is 1. The van der Waals surface area contributed by atoms with Crippen molar-refractivity contribution in [1.29, 1.82) is 0 Å². The van der Waals surface area contributed by atoms with Gasteiger partial charge in [-0.25, -0.2) is 8.42 Å². The number of anilines is 2. The fourth-order valence-corrected chi connectivity index (χ4v) is 6.29. The molecule has 4 rings (SSSR count). The molecule has 0 radical (unpaired) electrons. The smallest absolute Gasteiger partial charge is 0.152 e. The average Bonchev–Trinajstić information content (AvgIpc) is 3.18. The van der Waals surface area contributed by atoms with E-state index in [-0.39, 0.29) is 22.8 Å². The van der Waals surface area contributed by atoms with Crippen molar-refractivity contribution in [2.75, 3.05) is 17.2 Å². The molecule has 0 saturated heterocycles. The Balaban J connectivity index is 1.31. The number of benzene rings is 2. The zero-order valence-electron chi connectivity index (χ0n) is 18.6. The molecule has 166 valence electrons. The molecule has 1 aliphatic carbocycles. The predicted molar refractivity (Wildman–Crippen MR) is 127 cm³/mol. The molecule has 0 N–H and O–H groups in total. The van der Waals surface area contributed by atoms with Gasteiger partial charge in [-0.3, -0.25) is 4.79 Å². The van der Waals surface area contributed by atoms with Crippen LogP contribution in [-0.4, -0.2) is 31.7 Å². The fraction of sp³-hybridized carbons (Fsp3) is 0.500. The van der Waals surface area contributed by atoms with Crippen molar-refractivity contribution in [1.82, 2.24) is 0 Å². The highest BCUT2D eigenvalue weighted by atomic mass is 32.2. The third kappa shape index (κ3) is 5.03. The minimum Gasteiger partial charge on any atom is -0.341 e. The molecule has 0 unspecified atom stereocenters. The Morgan fingerprint density at radius 2 is 1.68 bits per heavy atom. The van der Waals surface area contributed by atoms with Gasteiger partial charge >= 0.3 is 0 Å². The van der Waals surface area contributed by atoms with Crippen molar-refractivity contribution in [3.63, 3.8) is 0 Å². The Hall–Kier alpha value is -2.14. The molecule has 5 heteroatoms. The molecule has 0 aromatic heterocycles. The molecule has 1 saturated carbocycles. The van der Waals surface area contributed by atoms with E-state index in [2.05, 4.69) is 53.4 Å². The average molecular weight is 440 g/mol. The molecule has 0 bridgehead atoms. The van der Waals surface area contributed by atoms with Gasteiger partial charge in [0.05, 0.1) is 11.0 Å². The lowest BCUT2D eigenvalue weighted by Crippen LogP contribution is -2.29. The van der Waals surface area contributed by atoms with Gasteiger partial charge in [0.15, 0.2) is 9.84 Å². The van der Waals surface area contributed by atoms with Crippen LogP contribution in [0.1, 0.15) is 50.7 Å². The molecule has 2 aliphatic rings. The minimum atomic E-state index is -3.00. The zero-order chi connectivity index (χ0) is 22.0. The predicted octanol–water partition coefficient (Wildman–Crippen LogP) is 5.12. The Labute approximate surface area is 186 Å². The molecule has 0 atom stereocenters. The number of carbonyl (C=O) groups is 1. The molecule has 1 fully saturated rings. The lowest BCUT2D eigenvalue weighted by atomic mass is 9.79. The quantitative estimate of drug-likeness (QED) is 0.601. The first kappa shape index (κ1) is 22.1. The monoisotopic (exact) mass is 439 g/mol. The first-order valence-corrected chi connectivity index (χ1v) is 13.2. The first-order chi connectivity index (χ1) is 14.8. The second kappa shape index (κ2) is 9.15. The summed E-state index contributed by atoms with van der Waals surface area (Å²) in [4.78, 5) is 15.2. The standard InChI is InChI=1S/C26H33NO3S/c1-19(2)31(29,30)18-21-7-11-23(12-8-21)26(28)17-20-9-13-24(14-10-20)27-16-15-22-5-3-4-6-25(22)27/h3-6,9-10,13-14,19,21,23H,7-8,11-12,15-18H2,1-2H3. The Morgan fingerprint density at radius 3 is 2.35 bits per heavy atom. The zero-order valence-corrected chi connectivity index (χ0v) is 19.4. The van der Waals surface area contributed by atoms with E-state index in [9.17, 15) is 13.2 Å². The van der Waals surface area contributed by atoms with Crippen molar-refractivity contribution in [3.8, 4) is 0 Å². The van der Waals surface area contributed by atoms with Crippen LogP contribution in [0.4, 0.5) is 11.4 Å². The van der Waals surface area contributed by atoms with E-state index in [1.54, 1.807) is 13.8 Å². The van der Waals surface area contributed by atoms with E-state index in [4.69, 9.17) is 0 Å². The number of fused-ring (bicyclic) bond motifs is 1. The molecule has 2 aromatic rings. The minimum absolute atomic E-state index is 0.0724. The summed E-state index contributed by atoms with van der Waals surface area (Å²) >= 11 is 0. The maximum atomic E-state index is 12.8. The van der Waals surface area contributed by atoms with Crippen molar-refractivity contribution in [3.05, 3.63) is 59.7 Å². The van der Waals surface area contributed by atoms with Crippen LogP contribution in [0.3, 0.4) is 0 Å². The molecule has 1 aliphatic heterocycles. The van der Waals surface area contributed by atoms with E-state index < -0.39 is 9.84 Å². The lowest BCUT2D eigenvalue weighted by molar-refractivity contribution is -0.123. The van der Waals surface area contributed by atoms with Crippen LogP contribution in [0, 0.1) is 11.8 Å². The molecular formula is C26H33NO3S. The van der Waals surface area contributed by atoms with Crippen molar-refractivity contribution in [2.45, 2.75) is 57.6 Å². The normalized spacial score (nSPS) is 21.3. The Kier molecular flexibility index (Phi) is 6.52. The summed E-state index contributed by atoms with van der Waals surface area (Å²) in [6.45, 7) is 4.49. The van der Waals surface area contributed by atoms with Crippen LogP contribution in [-0.2, 0) is 27.5 Å². The highest BCUT2D eigenvalue weighted by Crippen LogP contribution is 2.35. The number of hydrogen-bond donors (Lipinski definition) is 0. The number of Topliss-reactive ketones (excluding diaryl/α,β-unsaturated/α-hetero) is 1. The van der Waals surface area contributed by atoms with E-state index in [1.165, 1.54) is 16.9 Å². The molecule has 1 heterocycles. The van der Waals surface area contributed by atoms with Gasteiger partial charge in [-0.1, -0.05) is 30.3 Å². The largest absolute Gasteiger partial charge is 0.341 e. The third-order valence-electron chi connectivity index (χ3n) is 7.00. The lowest BCUT2D eigenvalue weighted by Gasteiger charge is -2.28. The van der Waals surface area contributed by atoms with Gasteiger partial charge in [0, 0.05) is 30.3 Å². The van der Waals surface area contributed by atoms with Gasteiger partial charge in [-0.15, -0.1) is 0 Å². The van der Waals surface area contributed by atoms with E-state index in [0.717, 1.165) is 44.2 Å². The Morgan fingerprint density at radius 1 is 1.00 bits per heavy atom. The number of nitrogens with zero attached hydrogens (tertiary/aromatic N) is 1. The molecule has 2 aromatic carbocycles. The van der Waals surface area contributed by atoms with Crippen molar-refractivity contribution < 1.29 is 13.2 Å². The number of rotatable bonds is 7. The van der Waals surface area contributed by atoms with Crippen molar-refractivity contribution >= 4 is 27.0 Å². The van der Waals surface area contributed by atoms with Gasteiger partial charge in [0.2, 0.25) is 0 Å². The topological polar surface area (TPSA) is 54.5 Å². The first-order valence-electron chi connectivity index (χ1n) is 11.5. The summed E-state index contributed by atoms with van der Waals surface area (Å²) in [6.07, 6.45) is 4.86. The second-order valence-electron chi connectivity index (χ2n) is 9.44. The molecular weight excluding hydrogens is 406 g/mol. The van der Waals surface area contributed by atoms with Crippen LogP contribution < -0.4 is 4.90 Å². The second-order valence-corrected chi connectivity index (χ2v) is 12.0. The SMILES string of the molecule is CC(C)S(=O)(=O)CC1CCC(C(=O)Cc2ccc(N3CCc4ccccc43)cc2)CC1. The summed E-state index contributed by atoms with van der Waals surface area (Å²) in [5.74, 6) is 0.846. The van der Waals surface area contributed by atoms with Crippen LogP contribution >= 0.6 is 0 Å². The fourth-order valence-electron chi connectivity index (χ4n) is 4.92. The van der Waals surface area contributed by atoms with Gasteiger partial charge < -0.3 is 4.90 Å². The van der Waals surface area contributed by atoms with Crippen molar-refractivity contribution in [2.24, 2.45) is 11.8 Å². The maximum Gasteiger partial charge on any atom is 0.152 e. The molecule has 0 amide bonds. The summed E-state index contributed by atoms with van der Waals surface area (Å²) in [6, 6.07) is 16.9. The Bertz CT molecular complexity index is 1020. The van der Waals surface area contributed by atoms with E-state index in [1.807, 2.05) is 0 Å². The van der Waals surface area contributed by atoms with Crippen LogP contribution in [0.15, 0.2) is 48.5 Å². The van der Waals surface area contributed by atoms with Gasteiger partial charge in [0.25, 0.3) is 0 Å². The van der Waals surface area contributed by atoms with Gasteiger partial charge in [0.1, 0.15) is 5.78 Å². The number of sulfone groups is 1. The maximum absolute atomic E-state index is 12.8. The summed E-state index contributed by atoms with van der Waals surface area (Å²) < 4.78 is 24.4. The van der Waals surface area contributed by atoms with Gasteiger partial charge in [-0.05, 0) is 81.2 Å². The number of ketones is 1. The number of para-hydroxylation sites is 1. The van der Waals surface area contributed by atoms with Crippen LogP contribution in [0.5, 0.6) is 0 Å². The molecule has 4 nitrogen and oxygen atoms in total. The van der Waals surface area contributed by atoms with E-state index in [0.29, 0.717) is 12.2 Å². The molecule has 31 heavy (non-hydrogen) atoms. The van der Waals surface area contributed by atoms with Gasteiger partial charge in [-0.2, -0.15) is 0 Å². The van der Waals surface area contributed by atoms with Crippen LogP contribution in [0.2, 0.25) is 0 Å². The highest BCUT2D eigenvalue weighted by Gasteiger charge is 2.30.